The zero-order valence-corrected chi connectivity index (χ0v) is 11.3. The third kappa shape index (κ3) is 4.63. The van der Waals surface area contributed by atoms with Crippen LogP contribution in [-0.2, 0) is 11.2 Å². The van der Waals surface area contributed by atoms with Crippen molar-refractivity contribution in [3.63, 3.8) is 0 Å². The molecule has 0 saturated heterocycles. The first-order valence-electron chi connectivity index (χ1n) is 6.15. The van der Waals surface area contributed by atoms with Gasteiger partial charge in [-0.1, -0.05) is 0 Å². The number of halogens is 1. The minimum Gasteiger partial charge on any atom is -0.493 e. The van der Waals surface area contributed by atoms with E-state index in [9.17, 15) is 4.39 Å². The van der Waals surface area contributed by atoms with Crippen LogP contribution in [0.15, 0.2) is 18.2 Å². The lowest BCUT2D eigenvalue weighted by atomic mass is 10.1. The molecule has 3 nitrogen and oxygen atoms in total. The van der Waals surface area contributed by atoms with Crippen molar-refractivity contribution in [3.05, 3.63) is 29.6 Å². The molecular weight excluding hydrogens is 233 g/mol. The minimum absolute atomic E-state index is 0.214. The molecule has 0 aromatic heterocycles. The fourth-order valence-corrected chi connectivity index (χ4v) is 1.55. The summed E-state index contributed by atoms with van der Waals surface area (Å²) in [5, 5.41) is 0. The molecule has 1 rings (SSSR count). The van der Waals surface area contributed by atoms with Gasteiger partial charge in [0, 0.05) is 13.5 Å². The first-order chi connectivity index (χ1) is 8.48. The molecule has 0 aliphatic heterocycles. The zero-order valence-electron chi connectivity index (χ0n) is 11.3. The summed E-state index contributed by atoms with van der Waals surface area (Å²) in [6.45, 7) is 5.01. The lowest BCUT2D eigenvalue weighted by Gasteiger charge is -2.23. The molecule has 0 spiro atoms. The van der Waals surface area contributed by atoms with E-state index in [1.807, 2.05) is 13.8 Å². The topological polar surface area (TPSA) is 44.5 Å². The maximum Gasteiger partial charge on any atom is 0.123 e. The van der Waals surface area contributed by atoms with Crippen LogP contribution in [-0.4, -0.2) is 25.9 Å². The molecule has 0 aliphatic carbocycles. The molecule has 0 fully saturated rings. The molecule has 1 aromatic carbocycles. The van der Waals surface area contributed by atoms with E-state index in [0.29, 0.717) is 25.3 Å². The van der Waals surface area contributed by atoms with Crippen molar-refractivity contribution < 1.29 is 13.9 Å². The standard InChI is InChI=1S/C14H22FNO2/c1-14(2,17-3)7-9-18-13-5-4-12(15)10-11(13)6-8-16/h4-5,10H,6-9,16H2,1-3H3. The number of hydrogen-bond acceptors (Lipinski definition) is 3. The van der Waals surface area contributed by atoms with Crippen LogP contribution in [0.4, 0.5) is 4.39 Å². The van der Waals surface area contributed by atoms with Gasteiger partial charge in [0.25, 0.3) is 0 Å². The average molecular weight is 255 g/mol. The summed E-state index contributed by atoms with van der Waals surface area (Å²) < 4.78 is 24.1. The fraction of sp³-hybridized carbons (Fsp3) is 0.571. The van der Waals surface area contributed by atoms with E-state index in [4.69, 9.17) is 15.2 Å². The van der Waals surface area contributed by atoms with Gasteiger partial charge in [0.2, 0.25) is 0 Å². The molecule has 0 bridgehead atoms. The molecule has 0 atom stereocenters. The maximum atomic E-state index is 13.1. The van der Waals surface area contributed by atoms with Crippen molar-refractivity contribution in [2.24, 2.45) is 5.73 Å². The van der Waals surface area contributed by atoms with E-state index in [1.165, 1.54) is 12.1 Å². The van der Waals surface area contributed by atoms with Gasteiger partial charge in [0.05, 0.1) is 12.2 Å². The summed E-state index contributed by atoms with van der Waals surface area (Å²) in [5.41, 5.74) is 6.10. The average Bonchev–Trinajstić information content (AvgIpc) is 2.32. The van der Waals surface area contributed by atoms with Crippen LogP contribution in [0, 0.1) is 5.82 Å². The fourth-order valence-electron chi connectivity index (χ4n) is 1.55. The molecule has 1 aromatic rings. The maximum absolute atomic E-state index is 13.1. The lowest BCUT2D eigenvalue weighted by molar-refractivity contribution is 0.00537. The summed E-state index contributed by atoms with van der Waals surface area (Å²) in [6, 6.07) is 4.53. The van der Waals surface area contributed by atoms with Crippen LogP contribution in [0.5, 0.6) is 5.75 Å². The highest BCUT2D eigenvalue weighted by Crippen LogP contribution is 2.21. The number of benzene rings is 1. The Bertz CT molecular complexity index is 380. The highest BCUT2D eigenvalue weighted by molar-refractivity contribution is 5.34. The van der Waals surface area contributed by atoms with Crippen LogP contribution in [0.3, 0.4) is 0 Å². The lowest BCUT2D eigenvalue weighted by Crippen LogP contribution is -2.25. The second kappa shape index (κ2) is 6.71. The van der Waals surface area contributed by atoms with Crippen molar-refractivity contribution in [1.29, 1.82) is 0 Å². The van der Waals surface area contributed by atoms with Crippen LogP contribution in [0.25, 0.3) is 0 Å². The van der Waals surface area contributed by atoms with Gasteiger partial charge in [0.15, 0.2) is 0 Å². The third-order valence-electron chi connectivity index (χ3n) is 2.95. The van der Waals surface area contributed by atoms with Crippen LogP contribution in [0.2, 0.25) is 0 Å². The largest absolute Gasteiger partial charge is 0.493 e. The van der Waals surface area contributed by atoms with Gasteiger partial charge in [-0.15, -0.1) is 0 Å². The van der Waals surface area contributed by atoms with E-state index >= 15 is 0 Å². The van der Waals surface area contributed by atoms with Gasteiger partial charge in [0.1, 0.15) is 11.6 Å². The molecule has 0 radical (unpaired) electrons. The van der Waals surface area contributed by atoms with Crippen LogP contribution in [0.1, 0.15) is 25.8 Å². The summed E-state index contributed by atoms with van der Waals surface area (Å²) in [5.74, 6) is 0.441. The van der Waals surface area contributed by atoms with Gasteiger partial charge in [-0.2, -0.15) is 0 Å². The van der Waals surface area contributed by atoms with E-state index in [1.54, 1.807) is 13.2 Å². The van der Waals surface area contributed by atoms with Gasteiger partial charge in [-0.3, -0.25) is 0 Å². The number of methoxy groups -OCH3 is 1. The molecule has 4 heteroatoms. The van der Waals surface area contributed by atoms with Gasteiger partial charge in [-0.05, 0) is 50.6 Å². The molecule has 0 unspecified atom stereocenters. The Labute approximate surface area is 108 Å². The predicted molar refractivity (Wildman–Crippen MR) is 70.4 cm³/mol. The second-order valence-electron chi connectivity index (χ2n) is 4.85. The Hall–Kier alpha value is -1.13. The van der Waals surface area contributed by atoms with E-state index in [0.717, 1.165) is 12.0 Å². The number of hydrogen-bond donors (Lipinski definition) is 1. The zero-order chi connectivity index (χ0) is 13.6. The Balaban J connectivity index is 2.61. The molecule has 18 heavy (non-hydrogen) atoms. The molecule has 0 aliphatic rings. The van der Waals surface area contributed by atoms with Crippen molar-refractivity contribution in [1.82, 2.24) is 0 Å². The number of nitrogens with two attached hydrogens (primary N) is 1. The first-order valence-corrected chi connectivity index (χ1v) is 6.15. The summed E-state index contributed by atoms with van der Waals surface area (Å²) in [4.78, 5) is 0. The van der Waals surface area contributed by atoms with Crippen molar-refractivity contribution >= 4 is 0 Å². The van der Waals surface area contributed by atoms with Crippen molar-refractivity contribution in [3.8, 4) is 5.75 Å². The van der Waals surface area contributed by atoms with Crippen molar-refractivity contribution in [2.75, 3.05) is 20.3 Å². The Morgan fingerprint density at radius 2 is 2.06 bits per heavy atom. The number of ether oxygens (including phenoxy) is 2. The quantitative estimate of drug-likeness (QED) is 0.814. The Kier molecular flexibility index (Phi) is 5.56. The predicted octanol–water partition coefficient (Wildman–Crippen LogP) is 2.52. The highest BCUT2D eigenvalue weighted by atomic mass is 19.1. The van der Waals surface area contributed by atoms with Crippen LogP contribution >= 0.6 is 0 Å². The molecule has 0 amide bonds. The van der Waals surface area contributed by atoms with E-state index in [2.05, 4.69) is 0 Å². The summed E-state index contributed by atoms with van der Waals surface area (Å²) >= 11 is 0. The SMILES string of the molecule is COC(C)(C)CCOc1ccc(F)cc1CCN. The normalized spacial score (nSPS) is 11.6. The summed E-state index contributed by atoms with van der Waals surface area (Å²) in [7, 11) is 1.68. The van der Waals surface area contributed by atoms with Crippen molar-refractivity contribution in [2.45, 2.75) is 32.3 Å². The van der Waals surface area contributed by atoms with E-state index < -0.39 is 0 Å². The van der Waals surface area contributed by atoms with Gasteiger partial charge in [-0.25, -0.2) is 4.39 Å². The molecular formula is C14H22FNO2. The monoisotopic (exact) mass is 255 g/mol. The number of rotatable bonds is 7. The Morgan fingerprint density at radius 3 is 2.67 bits per heavy atom. The smallest absolute Gasteiger partial charge is 0.123 e. The first kappa shape index (κ1) is 14.9. The molecule has 102 valence electrons. The summed E-state index contributed by atoms with van der Waals surface area (Å²) in [6.07, 6.45) is 1.38. The minimum atomic E-state index is -0.261. The molecule has 2 N–H and O–H groups in total. The Morgan fingerprint density at radius 1 is 1.33 bits per heavy atom. The van der Waals surface area contributed by atoms with E-state index in [-0.39, 0.29) is 11.4 Å². The van der Waals surface area contributed by atoms with Gasteiger partial charge < -0.3 is 15.2 Å². The second-order valence-corrected chi connectivity index (χ2v) is 4.85. The van der Waals surface area contributed by atoms with Gasteiger partial charge >= 0.3 is 0 Å². The molecule has 0 saturated carbocycles. The third-order valence-corrected chi connectivity index (χ3v) is 2.95. The highest BCUT2D eigenvalue weighted by Gasteiger charge is 2.16. The molecule has 0 heterocycles. The van der Waals surface area contributed by atoms with Crippen LogP contribution < -0.4 is 10.5 Å².